The molecule has 1 N–H and O–H groups in total. The van der Waals surface area contributed by atoms with E-state index in [1.807, 2.05) is 10.7 Å². The van der Waals surface area contributed by atoms with Gasteiger partial charge >= 0.3 is 0 Å². The van der Waals surface area contributed by atoms with Gasteiger partial charge in [-0.05, 0) is 24.5 Å². The van der Waals surface area contributed by atoms with E-state index in [9.17, 15) is 0 Å². The lowest BCUT2D eigenvalue weighted by molar-refractivity contribution is -0.0301. The van der Waals surface area contributed by atoms with Gasteiger partial charge in [0.25, 0.3) is 0 Å². The van der Waals surface area contributed by atoms with Crippen LogP contribution in [0.15, 0.2) is 36.9 Å². The van der Waals surface area contributed by atoms with E-state index in [0.717, 1.165) is 44.5 Å². The van der Waals surface area contributed by atoms with E-state index >= 15 is 0 Å². The van der Waals surface area contributed by atoms with Crippen molar-refractivity contribution in [1.29, 1.82) is 0 Å². The fraction of sp³-hybridized carbons (Fsp3) is 0.529. The Labute approximate surface area is 136 Å². The minimum atomic E-state index is 0.294. The number of nitrogens with one attached hydrogen (secondary N) is 1. The summed E-state index contributed by atoms with van der Waals surface area (Å²) in [6.45, 7) is 4.70. The highest BCUT2D eigenvalue weighted by atomic mass is 16.5. The highest BCUT2D eigenvalue weighted by Gasteiger charge is 2.32. The van der Waals surface area contributed by atoms with Crippen LogP contribution in [-0.2, 0) is 11.3 Å². The Hall–Kier alpha value is -1.76. The average Bonchev–Trinajstić information content (AvgIpc) is 3.31. The van der Waals surface area contributed by atoms with E-state index in [1.54, 1.807) is 12.7 Å². The molecule has 1 unspecified atom stereocenters. The summed E-state index contributed by atoms with van der Waals surface area (Å²) in [5, 5.41) is 7.77. The van der Waals surface area contributed by atoms with E-state index in [4.69, 9.17) is 4.74 Å². The molecule has 2 fully saturated rings. The second-order valence-electron chi connectivity index (χ2n) is 6.32. The molecule has 0 bridgehead atoms. The smallest absolute Gasteiger partial charge is 0.138 e. The van der Waals surface area contributed by atoms with E-state index in [0.29, 0.717) is 6.10 Å². The maximum absolute atomic E-state index is 5.89. The van der Waals surface area contributed by atoms with Gasteiger partial charge in [-0.3, -0.25) is 4.90 Å². The van der Waals surface area contributed by atoms with Gasteiger partial charge in [-0.25, -0.2) is 9.67 Å². The number of nitrogens with zero attached hydrogens (tertiary/aromatic N) is 4. The van der Waals surface area contributed by atoms with Crippen molar-refractivity contribution in [2.24, 2.45) is 0 Å². The largest absolute Gasteiger partial charge is 0.374 e. The minimum absolute atomic E-state index is 0.294. The molecule has 0 amide bonds. The predicted molar refractivity (Wildman–Crippen MR) is 87.4 cm³/mol. The van der Waals surface area contributed by atoms with Crippen molar-refractivity contribution in [3.63, 3.8) is 0 Å². The third-order valence-corrected chi connectivity index (χ3v) is 4.58. The summed E-state index contributed by atoms with van der Waals surface area (Å²) < 4.78 is 7.70. The van der Waals surface area contributed by atoms with Crippen LogP contribution in [0.1, 0.15) is 18.4 Å². The lowest BCUT2D eigenvalue weighted by Gasteiger charge is -2.33. The van der Waals surface area contributed by atoms with Gasteiger partial charge in [-0.2, -0.15) is 5.10 Å². The average molecular weight is 313 g/mol. The first-order valence-corrected chi connectivity index (χ1v) is 8.39. The lowest BCUT2D eigenvalue weighted by atomic mass is 10.1. The van der Waals surface area contributed by atoms with E-state index < -0.39 is 0 Å². The van der Waals surface area contributed by atoms with Crippen LogP contribution in [0.2, 0.25) is 0 Å². The van der Waals surface area contributed by atoms with E-state index in [2.05, 4.69) is 38.5 Å². The standard InChI is InChI=1S/C17H23N5O/c1-2-4-17(22-13-19-12-20-22)14(3-1)9-18-10-16-11-21(7-8-23-16)15-5-6-15/h1-4,12-13,15-16,18H,5-11H2. The molecule has 1 aliphatic heterocycles. The monoisotopic (exact) mass is 313 g/mol. The molecule has 1 saturated heterocycles. The third-order valence-electron chi connectivity index (χ3n) is 4.58. The molecule has 1 aromatic heterocycles. The summed E-state index contributed by atoms with van der Waals surface area (Å²) in [6.07, 6.45) is 6.32. The molecular weight excluding hydrogens is 290 g/mol. The van der Waals surface area contributed by atoms with Crippen LogP contribution in [0, 0.1) is 0 Å². The summed E-state index contributed by atoms with van der Waals surface area (Å²) in [4.78, 5) is 6.61. The van der Waals surface area contributed by atoms with Crippen LogP contribution in [0.25, 0.3) is 5.69 Å². The van der Waals surface area contributed by atoms with Crippen LogP contribution >= 0.6 is 0 Å². The fourth-order valence-electron chi connectivity index (χ4n) is 3.22. The summed E-state index contributed by atoms with van der Waals surface area (Å²) in [7, 11) is 0. The number of para-hydroxylation sites is 1. The van der Waals surface area contributed by atoms with Crippen LogP contribution in [0.4, 0.5) is 0 Å². The van der Waals surface area contributed by atoms with Gasteiger partial charge in [0.15, 0.2) is 0 Å². The first kappa shape index (κ1) is 14.8. The van der Waals surface area contributed by atoms with Gasteiger partial charge in [-0.15, -0.1) is 0 Å². The van der Waals surface area contributed by atoms with Crippen molar-refractivity contribution in [3.05, 3.63) is 42.5 Å². The Morgan fingerprint density at radius 3 is 3.00 bits per heavy atom. The van der Waals surface area contributed by atoms with Crippen LogP contribution in [0.5, 0.6) is 0 Å². The molecule has 4 rings (SSSR count). The topological polar surface area (TPSA) is 55.2 Å². The lowest BCUT2D eigenvalue weighted by Crippen LogP contribution is -2.47. The third kappa shape index (κ3) is 3.60. The van der Waals surface area contributed by atoms with Gasteiger partial charge in [0, 0.05) is 32.2 Å². The Bertz CT molecular complexity index is 626. The maximum atomic E-state index is 5.89. The zero-order chi connectivity index (χ0) is 15.5. The first-order chi connectivity index (χ1) is 11.4. The normalized spacial score (nSPS) is 22.3. The highest BCUT2D eigenvalue weighted by molar-refractivity contribution is 5.39. The number of aromatic nitrogens is 3. The van der Waals surface area contributed by atoms with Crippen molar-refractivity contribution < 1.29 is 4.74 Å². The molecule has 1 atom stereocenters. The number of rotatable bonds is 6. The first-order valence-electron chi connectivity index (χ1n) is 8.39. The number of hydrogen-bond donors (Lipinski definition) is 1. The number of hydrogen-bond acceptors (Lipinski definition) is 5. The Morgan fingerprint density at radius 2 is 2.17 bits per heavy atom. The molecule has 23 heavy (non-hydrogen) atoms. The van der Waals surface area contributed by atoms with E-state index in [-0.39, 0.29) is 0 Å². The molecule has 2 aromatic rings. The highest BCUT2D eigenvalue weighted by Crippen LogP contribution is 2.28. The minimum Gasteiger partial charge on any atom is -0.374 e. The van der Waals surface area contributed by atoms with Crippen LogP contribution < -0.4 is 5.32 Å². The Morgan fingerprint density at radius 1 is 1.26 bits per heavy atom. The van der Waals surface area contributed by atoms with Gasteiger partial charge in [-0.1, -0.05) is 18.2 Å². The predicted octanol–water partition coefficient (Wildman–Crippen LogP) is 1.22. The van der Waals surface area contributed by atoms with Crippen molar-refractivity contribution in [3.8, 4) is 5.69 Å². The maximum Gasteiger partial charge on any atom is 0.138 e. The molecule has 2 heterocycles. The molecule has 1 aliphatic carbocycles. The zero-order valence-electron chi connectivity index (χ0n) is 13.3. The van der Waals surface area contributed by atoms with Gasteiger partial charge < -0.3 is 10.1 Å². The van der Waals surface area contributed by atoms with Crippen LogP contribution in [0.3, 0.4) is 0 Å². The van der Waals surface area contributed by atoms with Crippen molar-refractivity contribution >= 4 is 0 Å². The fourth-order valence-corrected chi connectivity index (χ4v) is 3.22. The molecule has 1 aromatic carbocycles. The molecule has 1 saturated carbocycles. The molecule has 0 spiro atoms. The summed E-state index contributed by atoms with van der Waals surface area (Å²) in [6, 6.07) is 9.11. The van der Waals surface area contributed by atoms with Crippen LogP contribution in [-0.4, -0.2) is 58.1 Å². The molecule has 2 aliphatic rings. The second kappa shape index (κ2) is 6.78. The van der Waals surface area contributed by atoms with Gasteiger partial charge in [0.1, 0.15) is 12.7 Å². The summed E-state index contributed by atoms with van der Waals surface area (Å²) in [5.74, 6) is 0. The molecule has 0 radical (unpaired) electrons. The number of morpholine rings is 1. The second-order valence-corrected chi connectivity index (χ2v) is 6.32. The number of ether oxygens (including phenoxy) is 1. The molecule has 122 valence electrons. The van der Waals surface area contributed by atoms with E-state index in [1.165, 1.54) is 18.4 Å². The number of benzene rings is 1. The molecular formula is C17H23N5O. The van der Waals surface area contributed by atoms with Crippen molar-refractivity contribution in [2.45, 2.75) is 31.5 Å². The van der Waals surface area contributed by atoms with Crippen molar-refractivity contribution in [2.75, 3.05) is 26.2 Å². The molecule has 6 nitrogen and oxygen atoms in total. The Balaban J connectivity index is 1.33. The van der Waals surface area contributed by atoms with Gasteiger partial charge in [0.2, 0.25) is 0 Å². The van der Waals surface area contributed by atoms with Crippen molar-refractivity contribution in [1.82, 2.24) is 25.0 Å². The summed E-state index contributed by atoms with van der Waals surface area (Å²) >= 11 is 0. The SMILES string of the molecule is c1ccc(-n2cncn2)c(CNCC2CN(C3CC3)CCO2)c1. The molecule has 6 heteroatoms. The summed E-state index contributed by atoms with van der Waals surface area (Å²) in [5.41, 5.74) is 2.29. The zero-order valence-corrected chi connectivity index (χ0v) is 13.3. The van der Waals surface area contributed by atoms with Gasteiger partial charge in [0.05, 0.1) is 18.4 Å². The quantitative estimate of drug-likeness (QED) is 0.869. The Kier molecular flexibility index (Phi) is 4.37.